The van der Waals surface area contributed by atoms with Gasteiger partial charge in [0.15, 0.2) is 11.5 Å². The van der Waals surface area contributed by atoms with Crippen LogP contribution >= 0.6 is 12.4 Å². The van der Waals surface area contributed by atoms with E-state index in [1.54, 1.807) is 18.2 Å². The topological polar surface area (TPSA) is 150 Å². The van der Waals surface area contributed by atoms with Crippen molar-refractivity contribution >= 4 is 28.5 Å². The maximum absolute atomic E-state index is 12.6. The lowest BCUT2D eigenvalue weighted by molar-refractivity contribution is 0.126. The van der Waals surface area contributed by atoms with Gasteiger partial charge in [-0.15, -0.1) is 12.4 Å². The van der Waals surface area contributed by atoms with Gasteiger partial charge in [-0.05, 0) is 41.9 Å². The SMILES string of the molecule is Cc1ccc(OS(=O)(=O)c2ccccc2C#N)c(OCCCON=C(N)N)c1.Cl. The lowest BCUT2D eigenvalue weighted by Crippen LogP contribution is -2.23. The van der Waals surface area contributed by atoms with Crippen molar-refractivity contribution in [1.82, 2.24) is 0 Å². The molecule has 156 valence electrons. The number of hydrogen-bond donors (Lipinski definition) is 2. The molecule has 9 nitrogen and oxygen atoms in total. The van der Waals surface area contributed by atoms with E-state index in [-0.39, 0.29) is 53.5 Å². The quantitative estimate of drug-likeness (QED) is 0.197. The number of guanidine groups is 1. The second-order valence-electron chi connectivity index (χ2n) is 5.65. The Balaban J connectivity index is 0.00000420. The van der Waals surface area contributed by atoms with Crippen LogP contribution in [0.5, 0.6) is 11.5 Å². The number of rotatable bonds is 9. The predicted octanol–water partition coefficient (Wildman–Crippen LogP) is 2.03. The van der Waals surface area contributed by atoms with Crippen LogP contribution in [-0.2, 0) is 15.0 Å². The fourth-order valence-corrected chi connectivity index (χ4v) is 3.25. The molecule has 0 heterocycles. The van der Waals surface area contributed by atoms with E-state index in [0.29, 0.717) is 6.42 Å². The van der Waals surface area contributed by atoms with Crippen molar-refractivity contribution in [1.29, 1.82) is 5.26 Å². The van der Waals surface area contributed by atoms with Gasteiger partial charge in [-0.1, -0.05) is 18.2 Å². The van der Waals surface area contributed by atoms with Gasteiger partial charge in [0.05, 0.1) is 12.2 Å². The van der Waals surface area contributed by atoms with Crippen molar-refractivity contribution in [3.05, 3.63) is 53.6 Å². The highest BCUT2D eigenvalue weighted by atomic mass is 35.5. The summed E-state index contributed by atoms with van der Waals surface area (Å²) in [4.78, 5) is 4.64. The molecule has 0 aromatic heterocycles. The average molecular weight is 441 g/mol. The zero-order chi connectivity index (χ0) is 20.6. The van der Waals surface area contributed by atoms with Crippen LogP contribution in [0.3, 0.4) is 0 Å². The largest absolute Gasteiger partial charge is 0.489 e. The molecule has 0 aliphatic heterocycles. The summed E-state index contributed by atoms with van der Waals surface area (Å²) in [6.07, 6.45) is 0.453. The van der Waals surface area contributed by atoms with Gasteiger partial charge >= 0.3 is 10.1 Å². The van der Waals surface area contributed by atoms with Gasteiger partial charge in [0, 0.05) is 6.42 Å². The zero-order valence-corrected chi connectivity index (χ0v) is 17.2. The normalized spacial score (nSPS) is 10.2. The van der Waals surface area contributed by atoms with Crippen molar-refractivity contribution in [3.63, 3.8) is 0 Å². The third-order valence-electron chi connectivity index (χ3n) is 3.38. The lowest BCUT2D eigenvalue weighted by atomic mass is 10.2. The molecule has 2 aromatic carbocycles. The Morgan fingerprint density at radius 1 is 1.14 bits per heavy atom. The number of benzene rings is 2. The molecule has 0 atom stereocenters. The summed E-state index contributed by atoms with van der Waals surface area (Å²) < 4.78 is 36.1. The summed E-state index contributed by atoms with van der Waals surface area (Å²) in [6.45, 7) is 2.26. The van der Waals surface area contributed by atoms with Gasteiger partial charge in [0.1, 0.15) is 17.6 Å². The molecule has 2 aromatic rings. The van der Waals surface area contributed by atoms with E-state index in [1.165, 1.54) is 24.3 Å². The maximum Gasteiger partial charge on any atom is 0.340 e. The number of nitrogens with zero attached hydrogens (tertiary/aromatic N) is 2. The Bertz CT molecular complexity index is 1000. The van der Waals surface area contributed by atoms with Gasteiger partial charge in [0.25, 0.3) is 0 Å². The van der Waals surface area contributed by atoms with Crippen LogP contribution in [0.25, 0.3) is 0 Å². The molecule has 0 saturated heterocycles. The number of halogens is 1. The van der Waals surface area contributed by atoms with Gasteiger partial charge < -0.3 is 25.2 Å². The van der Waals surface area contributed by atoms with Crippen LogP contribution < -0.4 is 20.4 Å². The summed E-state index contributed by atoms with van der Waals surface area (Å²) in [7, 11) is -4.21. The minimum atomic E-state index is -4.21. The Kier molecular flexibility index (Phi) is 9.05. The summed E-state index contributed by atoms with van der Waals surface area (Å²) in [5.41, 5.74) is 11.1. The fraction of sp³-hybridized carbons (Fsp3) is 0.222. The zero-order valence-electron chi connectivity index (χ0n) is 15.6. The molecule has 29 heavy (non-hydrogen) atoms. The first-order chi connectivity index (χ1) is 13.3. The molecule has 0 amide bonds. The minimum Gasteiger partial charge on any atom is -0.489 e. The molecule has 0 aliphatic carbocycles. The first kappa shape index (κ1) is 23.9. The fourth-order valence-electron chi connectivity index (χ4n) is 2.16. The third-order valence-corrected chi connectivity index (χ3v) is 4.68. The monoisotopic (exact) mass is 440 g/mol. The number of nitrogens with two attached hydrogens (primary N) is 2. The molecule has 2 rings (SSSR count). The second-order valence-corrected chi connectivity index (χ2v) is 7.16. The van der Waals surface area contributed by atoms with Gasteiger partial charge in [-0.2, -0.15) is 13.7 Å². The highest BCUT2D eigenvalue weighted by molar-refractivity contribution is 7.87. The van der Waals surface area contributed by atoms with E-state index in [9.17, 15) is 8.42 Å². The van der Waals surface area contributed by atoms with E-state index < -0.39 is 10.1 Å². The van der Waals surface area contributed by atoms with E-state index in [0.717, 1.165) is 5.56 Å². The molecule has 4 N–H and O–H groups in total. The number of hydrogen-bond acceptors (Lipinski definition) is 7. The second kappa shape index (κ2) is 11.0. The third kappa shape index (κ3) is 7.06. The van der Waals surface area contributed by atoms with Crippen molar-refractivity contribution in [2.45, 2.75) is 18.2 Å². The molecule has 11 heteroatoms. The minimum absolute atomic E-state index is 0. The Hall–Kier alpha value is -3.16. The maximum atomic E-state index is 12.6. The molecule has 0 bridgehead atoms. The van der Waals surface area contributed by atoms with Crippen LogP contribution in [0.1, 0.15) is 17.5 Å². The van der Waals surface area contributed by atoms with Crippen molar-refractivity contribution in [2.75, 3.05) is 13.2 Å². The van der Waals surface area contributed by atoms with Crippen molar-refractivity contribution in [3.8, 4) is 17.6 Å². The molecule has 0 radical (unpaired) electrons. The number of aryl methyl sites for hydroxylation is 1. The Morgan fingerprint density at radius 3 is 2.55 bits per heavy atom. The summed E-state index contributed by atoms with van der Waals surface area (Å²) >= 11 is 0. The standard InChI is InChI=1S/C18H20N4O5S.ClH/c1-13-7-8-15(16(11-13)25-9-4-10-26-22-18(20)21)27-28(23,24)17-6-3-2-5-14(17)12-19;/h2-3,5-8,11H,4,9-10H2,1H3,(H4,20,21,22);1H. The highest BCUT2D eigenvalue weighted by Gasteiger charge is 2.22. The highest BCUT2D eigenvalue weighted by Crippen LogP contribution is 2.31. The number of oxime groups is 1. The lowest BCUT2D eigenvalue weighted by Gasteiger charge is -2.14. The molecule has 0 saturated carbocycles. The van der Waals surface area contributed by atoms with Gasteiger partial charge in [-0.3, -0.25) is 0 Å². The van der Waals surface area contributed by atoms with Crippen LogP contribution in [0, 0.1) is 18.3 Å². The van der Waals surface area contributed by atoms with Crippen molar-refractivity contribution < 1.29 is 22.2 Å². The molecule has 0 fully saturated rings. The summed E-state index contributed by atoms with van der Waals surface area (Å²) in [6, 6.07) is 12.5. The van der Waals surface area contributed by atoms with Gasteiger partial charge in [0.2, 0.25) is 5.96 Å². The predicted molar refractivity (Wildman–Crippen MR) is 109 cm³/mol. The van der Waals surface area contributed by atoms with E-state index in [2.05, 4.69) is 5.16 Å². The van der Waals surface area contributed by atoms with Crippen LogP contribution in [-0.4, -0.2) is 27.6 Å². The van der Waals surface area contributed by atoms with Crippen LogP contribution in [0.2, 0.25) is 0 Å². The Labute approximate surface area is 175 Å². The molecule has 0 unspecified atom stereocenters. The smallest absolute Gasteiger partial charge is 0.340 e. The molecule has 0 spiro atoms. The molecular formula is C18H21ClN4O5S. The van der Waals surface area contributed by atoms with E-state index in [4.69, 9.17) is 30.5 Å². The summed E-state index contributed by atoms with van der Waals surface area (Å²) in [5.74, 6) is 0.0847. The number of nitriles is 1. The van der Waals surface area contributed by atoms with E-state index in [1.807, 2.05) is 13.0 Å². The first-order valence-corrected chi connectivity index (χ1v) is 9.62. The van der Waals surface area contributed by atoms with Crippen LogP contribution in [0.4, 0.5) is 0 Å². The average Bonchev–Trinajstić information content (AvgIpc) is 2.66. The van der Waals surface area contributed by atoms with E-state index >= 15 is 0 Å². The number of ether oxygens (including phenoxy) is 1. The molecule has 0 aliphatic rings. The molecular weight excluding hydrogens is 420 g/mol. The first-order valence-electron chi connectivity index (χ1n) is 8.21. The summed E-state index contributed by atoms with van der Waals surface area (Å²) in [5, 5.41) is 12.5. The van der Waals surface area contributed by atoms with Gasteiger partial charge in [-0.25, -0.2) is 0 Å². The van der Waals surface area contributed by atoms with Crippen molar-refractivity contribution in [2.24, 2.45) is 16.6 Å². The Morgan fingerprint density at radius 2 is 1.86 bits per heavy atom. The van der Waals surface area contributed by atoms with Crippen LogP contribution in [0.15, 0.2) is 52.5 Å².